The highest BCUT2D eigenvalue weighted by molar-refractivity contribution is 5.77. The van der Waals surface area contributed by atoms with Crippen LogP contribution in [-0.4, -0.2) is 47.7 Å². The van der Waals surface area contributed by atoms with Crippen LogP contribution in [0.2, 0.25) is 0 Å². The lowest BCUT2D eigenvalue weighted by molar-refractivity contribution is -0.139. The van der Waals surface area contributed by atoms with Crippen molar-refractivity contribution in [3.8, 4) is 0 Å². The number of nitrogens with zero attached hydrogens (tertiary/aromatic N) is 1. The van der Waals surface area contributed by atoms with E-state index in [1.54, 1.807) is 0 Å². The summed E-state index contributed by atoms with van der Waals surface area (Å²) in [7, 11) is 0. The summed E-state index contributed by atoms with van der Waals surface area (Å²) < 4.78 is 0. The third-order valence-electron chi connectivity index (χ3n) is 4.60. The second-order valence-corrected chi connectivity index (χ2v) is 6.03. The number of carbonyl (C=O) groups is 1. The summed E-state index contributed by atoms with van der Waals surface area (Å²) in [6.07, 6.45) is 5.68. The molecule has 4 nitrogen and oxygen atoms in total. The largest absolute Gasteiger partial charge is 0.396 e. The molecule has 17 heavy (non-hydrogen) atoms. The Bertz CT molecular complexity index is 290. The minimum Gasteiger partial charge on any atom is -0.396 e. The molecular formula is C13H22N2O2. The predicted octanol–water partition coefficient (Wildman–Crippen LogP) is 0.358. The molecule has 0 saturated carbocycles. The monoisotopic (exact) mass is 238 g/mol. The van der Waals surface area contributed by atoms with Crippen molar-refractivity contribution in [1.29, 1.82) is 0 Å². The molecule has 3 aliphatic heterocycles. The molecular weight excluding hydrogens is 216 g/mol. The van der Waals surface area contributed by atoms with Crippen molar-refractivity contribution >= 4 is 5.91 Å². The van der Waals surface area contributed by atoms with Crippen molar-refractivity contribution in [3.05, 3.63) is 0 Å². The summed E-state index contributed by atoms with van der Waals surface area (Å²) in [6.45, 7) is 1.77. The van der Waals surface area contributed by atoms with Crippen molar-refractivity contribution in [2.75, 3.05) is 19.7 Å². The van der Waals surface area contributed by atoms with Gasteiger partial charge in [-0.3, -0.25) is 4.79 Å². The van der Waals surface area contributed by atoms with E-state index in [0.717, 1.165) is 19.5 Å². The molecule has 0 spiro atoms. The summed E-state index contributed by atoms with van der Waals surface area (Å²) in [4.78, 5) is 13.9. The van der Waals surface area contributed by atoms with Crippen LogP contribution in [0.4, 0.5) is 0 Å². The number of aliphatic hydroxyl groups is 1. The number of rotatable bonds is 3. The van der Waals surface area contributed by atoms with Gasteiger partial charge in [0.1, 0.15) is 0 Å². The van der Waals surface area contributed by atoms with Crippen LogP contribution in [0.3, 0.4) is 0 Å². The molecule has 1 amide bonds. The zero-order valence-electron chi connectivity index (χ0n) is 10.3. The van der Waals surface area contributed by atoms with Crippen LogP contribution < -0.4 is 5.32 Å². The first-order valence-electron chi connectivity index (χ1n) is 6.89. The molecule has 0 aromatic carbocycles. The van der Waals surface area contributed by atoms with Crippen LogP contribution in [-0.2, 0) is 4.79 Å². The van der Waals surface area contributed by atoms with E-state index in [0.29, 0.717) is 29.8 Å². The summed E-state index contributed by atoms with van der Waals surface area (Å²) in [6, 6.07) is 1.35. The number of hydrogen-bond donors (Lipinski definition) is 2. The minimum absolute atomic E-state index is 0.223. The quantitative estimate of drug-likeness (QED) is 0.746. The third-order valence-corrected chi connectivity index (χ3v) is 4.60. The second-order valence-electron chi connectivity index (χ2n) is 6.03. The number of likely N-dealkylation sites (tertiary alicyclic amines) is 1. The first kappa shape index (κ1) is 11.5. The molecule has 3 saturated heterocycles. The van der Waals surface area contributed by atoms with Gasteiger partial charge in [0.25, 0.3) is 0 Å². The van der Waals surface area contributed by atoms with Gasteiger partial charge < -0.3 is 15.3 Å². The first-order valence-corrected chi connectivity index (χ1v) is 6.89. The van der Waals surface area contributed by atoms with E-state index >= 15 is 0 Å². The van der Waals surface area contributed by atoms with E-state index in [1.165, 1.54) is 25.7 Å². The Hall–Kier alpha value is -0.610. The Labute approximate surface area is 102 Å². The van der Waals surface area contributed by atoms with Gasteiger partial charge in [-0.15, -0.1) is 0 Å². The van der Waals surface area contributed by atoms with Gasteiger partial charge in [-0.1, -0.05) is 0 Å². The average Bonchev–Trinajstić information content (AvgIpc) is 2.56. The van der Waals surface area contributed by atoms with E-state index in [-0.39, 0.29) is 6.61 Å². The molecule has 0 aliphatic carbocycles. The molecule has 0 aromatic heterocycles. The van der Waals surface area contributed by atoms with Crippen LogP contribution in [0.5, 0.6) is 0 Å². The van der Waals surface area contributed by atoms with E-state index in [4.69, 9.17) is 5.11 Å². The van der Waals surface area contributed by atoms with Crippen LogP contribution in [0.1, 0.15) is 32.1 Å². The van der Waals surface area contributed by atoms with Gasteiger partial charge in [0.2, 0.25) is 5.91 Å². The molecule has 96 valence electrons. The van der Waals surface area contributed by atoms with Gasteiger partial charge in [-0.25, -0.2) is 0 Å². The molecule has 2 N–H and O–H groups in total. The zero-order valence-corrected chi connectivity index (χ0v) is 10.3. The first-order chi connectivity index (χ1) is 8.24. The Balaban J connectivity index is 1.46. The van der Waals surface area contributed by atoms with Gasteiger partial charge in [-0.2, -0.15) is 0 Å². The fourth-order valence-electron chi connectivity index (χ4n) is 3.61. The molecule has 2 atom stereocenters. The second kappa shape index (κ2) is 4.58. The summed E-state index contributed by atoms with van der Waals surface area (Å²) in [5, 5.41) is 12.5. The number of nitrogens with one attached hydrogen (secondary N) is 1. The summed E-state index contributed by atoms with van der Waals surface area (Å²) >= 11 is 0. The number of amides is 1. The fraction of sp³-hybridized carbons (Fsp3) is 0.923. The maximum Gasteiger partial charge on any atom is 0.222 e. The highest BCUT2D eigenvalue weighted by Gasteiger charge is 2.36. The number of fused-ring (bicyclic) bond motifs is 2. The lowest BCUT2D eigenvalue weighted by Gasteiger charge is -2.39. The van der Waals surface area contributed by atoms with Crippen LogP contribution >= 0.6 is 0 Å². The Morgan fingerprint density at radius 1 is 1.18 bits per heavy atom. The SMILES string of the molecule is O=C(CC1CC2CCC(C1)N2)N1CC(CO)C1. The van der Waals surface area contributed by atoms with E-state index in [1.807, 2.05) is 4.90 Å². The maximum atomic E-state index is 12.0. The molecule has 0 aromatic rings. The van der Waals surface area contributed by atoms with Crippen molar-refractivity contribution in [3.63, 3.8) is 0 Å². The molecule has 3 fully saturated rings. The Morgan fingerprint density at radius 2 is 1.82 bits per heavy atom. The Kier molecular flexibility index (Phi) is 3.09. The number of aliphatic hydroxyl groups excluding tert-OH is 1. The average molecular weight is 238 g/mol. The topological polar surface area (TPSA) is 52.6 Å². The van der Waals surface area contributed by atoms with Crippen LogP contribution in [0, 0.1) is 11.8 Å². The molecule has 2 unspecified atom stereocenters. The van der Waals surface area contributed by atoms with E-state index in [9.17, 15) is 4.79 Å². The molecule has 3 aliphatic rings. The van der Waals surface area contributed by atoms with Gasteiger partial charge in [-0.05, 0) is 31.6 Å². The summed E-state index contributed by atoms with van der Waals surface area (Å²) in [5.74, 6) is 1.23. The molecule has 3 heterocycles. The van der Waals surface area contributed by atoms with Crippen molar-refractivity contribution in [2.45, 2.75) is 44.2 Å². The number of piperidine rings is 1. The number of hydrogen-bond acceptors (Lipinski definition) is 3. The van der Waals surface area contributed by atoms with Gasteiger partial charge in [0, 0.05) is 44.1 Å². The minimum atomic E-state index is 0.223. The van der Waals surface area contributed by atoms with E-state index < -0.39 is 0 Å². The van der Waals surface area contributed by atoms with E-state index in [2.05, 4.69) is 5.32 Å². The molecule has 3 rings (SSSR count). The third kappa shape index (κ3) is 2.33. The predicted molar refractivity (Wildman–Crippen MR) is 64.4 cm³/mol. The molecule has 0 radical (unpaired) electrons. The van der Waals surface area contributed by atoms with Gasteiger partial charge >= 0.3 is 0 Å². The highest BCUT2D eigenvalue weighted by Crippen LogP contribution is 2.33. The fourth-order valence-corrected chi connectivity index (χ4v) is 3.61. The van der Waals surface area contributed by atoms with Gasteiger partial charge in [0.05, 0.1) is 0 Å². The van der Waals surface area contributed by atoms with Crippen LogP contribution in [0.15, 0.2) is 0 Å². The standard InChI is InChI=1S/C13H22N2O2/c16-8-10-6-15(7-10)13(17)5-9-3-11-1-2-12(4-9)14-11/h9-12,14,16H,1-8H2. The molecule has 2 bridgehead atoms. The lowest BCUT2D eigenvalue weighted by Crippen LogP contribution is -2.52. The maximum absolute atomic E-state index is 12.0. The lowest BCUT2D eigenvalue weighted by atomic mass is 9.88. The highest BCUT2D eigenvalue weighted by atomic mass is 16.3. The van der Waals surface area contributed by atoms with Crippen molar-refractivity contribution < 1.29 is 9.90 Å². The molecule has 4 heteroatoms. The zero-order chi connectivity index (χ0) is 11.8. The van der Waals surface area contributed by atoms with Gasteiger partial charge in [0.15, 0.2) is 0 Å². The smallest absolute Gasteiger partial charge is 0.222 e. The van der Waals surface area contributed by atoms with Crippen molar-refractivity contribution in [2.24, 2.45) is 11.8 Å². The van der Waals surface area contributed by atoms with Crippen LogP contribution in [0.25, 0.3) is 0 Å². The number of carbonyl (C=O) groups excluding carboxylic acids is 1. The van der Waals surface area contributed by atoms with Crippen molar-refractivity contribution in [1.82, 2.24) is 10.2 Å². The summed E-state index contributed by atoms with van der Waals surface area (Å²) in [5.41, 5.74) is 0. The Morgan fingerprint density at radius 3 is 2.41 bits per heavy atom. The normalized spacial score (nSPS) is 37.0.